The molecule has 44 heavy (non-hydrogen) atoms. The maximum Gasteiger partial charge on any atom is 0.159 e. The van der Waals surface area contributed by atoms with Crippen LogP contribution >= 0.6 is 0 Å². The Morgan fingerprint density at radius 3 is 1.75 bits per heavy atom. The molecule has 0 bridgehead atoms. The number of para-hydroxylation sites is 2. The molecule has 3 heteroatoms. The molecule has 0 saturated carbocycles. The molecular weight excluding hydrogens is 534 g/mol. The third-order valence-electron chi connectivity index (χ3n) is 9.66. The first-order valence-electron chi connectivity index (χ1n) is 15.1. The molecule has 2 heterocycles. The lowest BCUT2D eigenvalue weighted by Crippen LogP contribution is -2.27. The average molecular weight is 560 g/mol. The van der Waals surface area contributed by atoms with Crippen LogP contribution in [0.1, 0.15) is 22.4 Å². The quantitative estimate of drug-likeness (QED) is 0.211. The molecule has 3 nitrogen and oxygen atoms in total. The van der Waals surface area contributed by atoms with E-state index in [0.717, 1.165) is 28.3 Å². The van der Waals surface area contributed by atoms with E-state index in [9.17, 15) is 0 Å². The molecule has 0 N–H and O–H groups in total. The van der Waals surface area contributed by atoms with Crippen molar-refractivity contribution in [3.8, 4) is 39.3 Å². The Morgan fingerprint density at radius 1 is 0.477 bits per heavy atom. The fraction of sp³-hybridized carbons (Fsp3) is 0.0244. The summed E-state index contributed by atoms with van der Waals surface area (Å²) in [7, 11) is 0. The van der Waals surface area contributed by atoms with Crippen LogP contribution in [0, 0.1) is 0 Å². The van der Waals surface area contributed by atoms with E-state index in [1.165, 1.54) is 55.2 Å². The van der Waals surface area contributed by atoms with Crippen LogP contribution in [0.4, 0.5) is 0 Å². The van der Waals surface area contributed by atoms with Crippen LogP contribution in [0.2, 0.25) is 0 Å². The van der Waals surface area contributed by atoms with Gasteiger partial charge in [0.2, 0.25) is 0 Å². The maximum atomic E-state index is 5.45. The molecule has 2 aliphatic rings. The van der Waals surface area contributed by atoms with Gasteiger partial charge in [-0.3, -0.25) is 0 Å². The van der Waals surface area contributed by atoms with Crippen molar-refractivity contribution < 1.29 is 0 Å². The van der Waals surface area contributed by atoms with Gasteiger partial charge in [-0.25, -0.2) is 9.97 Å². The van der Waals surface area contributed by atoms with Crippen LogP contribution in [-0.4, -0.2) is 14.5 Å². The van der Waals surface area contributed by atoms with Crippen molar-refractivity contribution in [2.24, 2.45) is 0 Å². The molecule has 1 unspecified atom stereocenters. The highest BCUT2D eigenvalue weighted by Crippen LogP contribution is 2.62. The van der Waals surface area contributed by atoms with Crippen molar-refractivity contribution in [1.29, 1.82) is 0 Å². The van der Waals surface area contributed by atoms with E-state index in [0.29, 0.717) is 0 Å². The predicted molar refractivity (Wildman–Crippen MR) is 178 cm³/mol. The normalized spacial score (nSPS) is 15.8. The molecule has 1 spiro atoms. The molecule has 0 saturated heterocycles. The first-order valence-corrected chi connectivity index (χ1v) is 15.1. The second kappa shape index (κ2) is 8.62. The van der Waals surface area contributed by atoms with Gasteiger partial charge in [-0.15, -0.1) is 0 Å². The monoisotopic (exact) mass is 559 g/mol. The van der Waals surface area contributed by atoms with Crippen molar-refractivity contribution in [3.63, 3.8) is 0 Å². The van der Waals surface area contributed by atoms with Crippen molar-refractivity contribution in [3.05, 3.63) is 174 Å². The van der Waals surface area contributed by atoms with Crippen LogP contribution in [-0.2, 0) is 5.41 Å². The zero-order valence-electron chi connectivity index (χ0n) is 23.8. The molecule has 0 aliphatic heterocycles. The number of hydrogen-bond acceptors (Lipinski definition) is 2. The summed E-state index contributed by atoms with van der Waals surface area (Å²) in [5.41, 5.74) is 13.7. The molecule has 0 amide bonds. The van der Waals surface area contributed by atoms with Crippen LogP contribution in [0.25, 0.3) is 61.1 Å². The minimum atomic E-state index is -0.556. The number of rotatable bonds is 2. The van der Waals surface area contributed by atoms with Gasteiger partial charge in [0, 0.05) is 33.8 Å². The number of aromatic nitrogens is 3. The van der Waals surface area contributed by atoms with Gasteiger partial charge in [-0.05, 0) is 57.6 Å². The summed E-state index contributed by atoms with van der Waals surface area (Å²) in [6.07, 6.45) is 2.04. The Balaban J connectivity index is 1.33. The van der Waals surface area contributed by atoms with E-state index in [1.54, 1.807) is 0 Å². The minimum Gasteiger partial charge on any atom is -0.309 e. The van der Waals surface area contributed by atoms with Crippen molar-refractivity contribution in [2.45, 2.75) is 5.41 Å². The average Bonchev–Trinajstić information content (AvgIpc) is 3.70. The molecule has 0 radical (unpaired) electrons. The molecule has 2 aliphatic carbocycles. The molecular formula is C41H25N3. The van der Waals surface area contributed by atoms with E-state index in [4.69, 9.17) is 9.97 Å². The third kappa shape index (κ3) is 2.91. The predicted octanol–water partition coefficient (Wildman–Crippen LogP) is 9.58. The standard InChI is InChI=1S/C41H25N3/c1-2-12-26(13-3-1)40-42-25-33-29-15-5-9-19-35(29)41(39(33)43-40)34-18-8-4-14-28(34)30-23-22-27(24-36(30)41)44-37-20-10-6-16-31(37)32-17-7-11-21-38(32)44/h1-25H. The molecule has 10 rings (SSSR count). The van der Waals surface area contributed by atoms with Crippen LogP contribution in [0.15, 0.2) is 152 Å². The SMILES string of the molecule is c1ccc(-c2ncc3c(n2)C2(c4ccccc4-c4ccc(-n5c6ccccc6c6ccccc65)cc42)c2ccccc2-3)cc1. The molecule has 204 valence electrons. The maximum absolute atomic E-state index is 5.45. The third-order valence-corrected chi connectivity index (χ3v) is 9.66. The van der Waals surface area contributed by atoms with Gasteiger partial charge in [0.15, 0.2) is 5.82 Å². The second-order valence-electron chi connectivity index (χ2n) is 11.8. The number of hydrogen-bond donors (Lipinski definition) is 0. The van der Waals surface area contributed by atoms with E-state index < -0.39 is 5.41 Å². The van der Waals surface area contributed by atoms with Crippen LogP contribution in [0.5, 0.6) is 0 Å². The number of benzene rings is 6. The summed E-state index contributed by atoms with van der Waals surface area (Å²) in [4.78, 5) is 10.3. The Labute approximate surface area is 254 Å². The highest BCUT2D eigenvalue weighted by molar-refractivity contribution is 6.09. The zero-order valence-corrected chi connectivity index (χ0v) is 23.8. The van der Waals surface area contributed by atoms with Gasteiger partial charge < -0.3 is 4.57 Å². The summed E-state index contributed by atoms with van der Waals surface area (Å²) in [5, 5.41) is 2.52. The molecule has 2 aromatic heterocycles. The summed E-state index contributed by atoms with van der Waals surface area (Å²) >= 11 is 0. The van der Waals surface area contributed by atoms with Gasteiger partial charge in [0.25, 0.3) is 0 Å². The molecule has 1 atom stereocenters. The minimum absolute atomic E-state index is 0.556. The van der Waals surface area contributed by atoms with E-state index in [-0.39, 0.29) is 0 Å². The van der Waals surface area contributed by atoms with Gasteiger partial charge in [-0.2, -0.15) is 0 Å². The first kappa shape index (κ1) is 23.7. The highest BCUT2D eigenvalue weighted by atomic mass is 15.0. The van der Waals surface area contributed by atoms with Crippen molar-refractivity contribution in [2.75, 3.05) is 0 Å². The molecule has 8 aromatic rings. The smallest absolute Gasteiger partial charge is 0.159 e. The highest BCUT2D eigenvalue weighted by Gasteiger charge is 2.53. The summed E-state index contributed by atoms with van der Waals surface area (Å²) < 4.78 is 2.42. The lowest BCUT2D eigenvalue weighted by molar-refractivity contribution is 0.757. The summed E-state index contributed by atoms with van der Waals surface area (Å²) in [6, 6.07) is 52.5. The van der Waals surface area contributed by atoms with E-state index >= 15 is 0 Å². The summed E-state index contributed by atoms with van der Waals surface area (Å²) in [6.45, 7) is 0. The first-order chi connectivity index (χ1) is 21.8. The Hall–Kier alpha value is -5.80. The van der Waals surface area contributed by atoms with Crippen molar-refractivity contribution in [1.82, 2.24) is 14.5 Å². The Bertz CT molecular complexity index is 2390. The van der Waals surface area contributed by atoms with Gasteiger partial charge in [0.1, 0.15) is 0 Å². The molecule has 0 fully saturated rings. The van der Waals surface area contributed by atoms with Gasteiger partial charge >= 0.3 is 0 Å². The lowest BCUT2D eigenvalue weighted by atomic mass is 9.72. The largest absolute Gasteiger partial charge is 0.309 e. The second-order valence-corrected chi connectivity index (χ2v) is 11.8. The zero-order chi connectivity index (χ0) is 28.8. The summed E-state index contributed by atoms with van der Waals surface area (Å²) in [5.74, 6) is 0.751. The Kier molecular flexibility index (Phi) is 4.65. The van der Waals surface area contributed by atoms with E-state index in [2.05, 4.69) is 144 Å². The van der Waals surface area contributed by atoms with Crippen molar-refractivity contribution >= 4 is 21.8 Å². The Morgan fingerprint density at radius 2 is 1.05 bits per heavy atom. The fourth-order valence-corrected chi connectivity index (χ4v) is 7.92. The van der Waals surface area contributed by atoms with Crippen LogP contribution < -0.4 is 0 Å². The number of fused-ring (bicyclic) bond motifs is 13. The van der Waals surface area contributed by atoms with Crippen LogP contribution in [0.3, 0.4) is 0 Å². The lowest BCUT2D eigenvalue weighted by Gasteiger charge is -2.29. The molecule has 6 aromatic carbocycles. The number of nitrogens with zero attached hydrogens (tertiary/aromatic N) is 3. The van der Waals surface area contributed by atoms with Gasteiger partial charge in [0.05, 0.1) is 22.1 Å². The fourth-order valence-electron chi connectivity index (χ4n) is 7.92. The topological polar surface area (TPSA) is 30.7 Å². The van der Waals surface area contributed by atoms with Gasteiger partial charge in [-0.1, -0.05) is 121 Å². The van der Waals surface area contributed by atoms with E-state index in [1.807, 2.05) is 12.3 Å².